The molecule has 3 N–H and O–H groups in total. The fourth-order valence-electron chi connectivity index (χ4n) is 4.43. The van der Waals surface area contributed by atoms with Gasteiger partial charge in [0, 0.05) is 53.3 Å². The van der Waals surface area contributed by atoms with E-state index in [0.717, 1.165) is 35.1 Å². The fourth-order valence-corrected chi connectivity index (χ4v) is 4.43. The second kappa shape index (κ2) is 9.17. The van der Waals surface area contributed by atoms with E-state index < -0.39 is 0 Å². The number of H-pyrrole nitrogens is 1. The van der Waals surface area contributed by atoms with Gasteiger partial charge in [0.1, 0.15) is 5.82 Å². The van der Waals surface area contributed by atoms with E-state index >= 15 is 0 Å². The van der Waals surface area contributed by atoms with Crippen LogP contribution in [0.3, 0.4) is 0 Å². The molecule has 0 aliphatic carbocycles. The minimum absolute atomic E-state index is 0.0432. The van der Waals surface area contributed by atoms with Gasteiger partial charge in [-0.2, -0.15) is 5.10 Å². The summed E-state index contributed by atoms with van der Waals surface area (Å²) in [5.74, 6) is 0.312. The quantitative estimate of drug-likeness (QED) is 0.404. The summed E-state index contributed by atoms with van der Waals surface area (Å²) in [7, 11) is 0. The van der Waals surface area contributed by atoms with Crippen LogP contribution in [0.5, 0.6) is 0 Å². The highest BCUT2D eigenvalue weighted by Crippen LogP contribution is 2.23. The van der Waals surface area contributed by atoms with E-state index in [-0.39, 0.29) is 12.5 Å². The summed E-state index contributed by atoms with van der Waals surface area (Å²) in [5, 5.41) is 17.2. The number of nitrogens with zero attached hydrogens (tertiary/aromatic N) is 4. The monoisotopic (exact) mass is 444 g/mol. The maximum atomic E-state index is 12.7. The van der Waals surface area contributed by atoms with Crippen molar-refractivity contribution in [2.75, 3.05) is 18.5 Å². The average Bonchev–Trinajstić information content (AvgIpc) is 3.54. The molecular weight excluding hydrogens is 416 g/mol. The predicted molar refractivity (Wildman–Crippen MR) is 128 cm³/mol. The van der Waals surface area contributed by atoms with Gasteiger partial charge in [0.15, 0.2) is 0 Å². The summed E-state index contributed by atoms with van der Waals surface area (Å²) in [5.41, 5.74) is 4.59. The highest BCUT2D eigenvalue weighted by Gasteiger charge is 2.20. The molecule has 8 heteroatoms. The number of nitrogens with one attached hydrogen (secondary N) is 2. The van der Waals surface area contributed by atoms with Crippen molar-refractivity contribution in [2.24, 2.45) is 0 Å². The number of hydrogen-bond donors (Lipinski definition) is 3. The number of carbonyl (C=O) groups is 1. The Morgan fingerprint density at radius 3 is 2.82 bits per heavy atom. The number of aromatic nitrogens is 4. The van der Waals surface area contributed by atoms with Crippen LogP contribution in [0.4, 0.5) is 5.82 Å². The molecule has 1 amide bonds. The van der Waals surface area contributed by atoms with Gasteiger partial charge >= 0.3 is 0 Å². The minimum atomic E-state index is -0.206. The first-order valence-corrected chi connectivity index (χ1v) is 11.4. The van der Waals surface area contributed by atoms with Crippen molar-refractivity contribution in [1.82, 2.24) is 24.6 Å². The maximum absolute atomic E-state index is 12.7. The molecular formula is C25H28N6O2. The van der Waals surface area contributed by atoms with Crippen LogP contribution >= 0.6 is 0 Å². The van der Waals surface area contributed by atoms with E-state index in [4.69, 9.17) is 5.11 Å². The molecule has 0 radical (unpaired) electrons. The lowest BCUT2D eigenvalue weighted by Crippen LogP contribution is -2.26. The number of aliphatic hydroxyl groups is 1. The number of amides is 1. The van der Waals surface area contributed by atoms with E-state index in [2.05, 4.69) is 38.3 Å². The van der Waals surface area contributed by atoms with Gasteiger partial charge in [-0.1, -0.05) is 12.1 Å². The Morgan fingerprint density at radius 1 is 1.21 bits per heavy atom. The second-order valence-electron chi connectivity index (χ2n) is 8.66. The summed E-state index contributed by atoms with van der Waals surface area (Å²) in [6.45, 7) is 4.82. The van der Waals surface area contributed by atoms with E-state index in [1.165, 1.54) is 18.5 Å². The Hall–Kier alpha value is -3.49. The molecule has 8 nitrogen and oxygen atoms in total. The Morgan fingerprint density at radius 2 is 2.06 bits per heavy atom. The molecule has 170 valence electrons. The summed E-state index contributed by atoms with van der Waals surface area (Å²) >= 11 is 0. The lowest BCUT2D eigenvalue weighted by atomic mass is 10.1. The standard InChI is InChI=1S/C25H28N6O2/c1-17-3-2-8-30(17)16-22-11-20-13-26-24(12-23(20)28-22)29-25(33)19-6-4-18(5-7-19)21-14-27-31(15-21)9-10-32/h4-7,11-15,17,28,32H,2-3,8-10,16H2,1H3,(H,26,29,33)/t17-/m0/s1. The Kier molecular flexibility index (Phi) is 5.93. The molecule has 33 heavy (non-hydrogen) atoms. The molecule has 5 rings (SSSR count). The average molecular weight is 445 g/mol. The minimum Gasteiger partial charge on any atom is -0.394 e. The van der Waals surface area contributed by atoms with Gasteiger partial charge in [0.2, 0.25) is 0 Å². The van der Waals surface area contributed by atoms with E-state index in [9.17, 15) is 4.79 Å². The van der Waals surface area contributed by atoms with Crippen LogP contribution in [0.2, 0.25) is 0 Å². The van der Waals surface area contributed by atoms with Gasteiger partial charge in [-0.15, -0.1) is 0 Å². The van der Waals surface area contributed by atoms with Gasteiger partial charge in [-0.25, -0.2) is 4.98 Å². The third kappa shape index (κ3) is 4.67. The SMILES string of the molecule is C[C@H]1CCCN1Cc1cc2cnc(NC(=O)c3ccc(-c4cnn(CCO)c4)cc3)cc2[nH]1. The first kappa shape index (κ1) is 21.4. The number of aliphatic hydroxyl groups excluding tert-OH is 1. The Balaban J connectivity index is 1.26. The van der Waals surface area contributed by atoms with Crippen LogP contribution in [0, 0.1) is 0 Å². The van der Waals surface area contributed by atoms with E-state index in [0.29, 0.717) is 24.0 Å². The third-order valence-corrected chi connectivity index (χ3v) is 6.31. The van der Waals surface area contributed by atoms with Crippen molar-refractivity contribution in [1.29, 1.82) is 0 Å². The molecule has 1 aliphatic rings. The zero-order valence-corrected chi connectivity index (χ0v) is 18.7. The summed E-state index contributed by atoms with van der Waals surface area (Å²) < 4.78 is 1.69. The molecule has 3 aromatic heterocycles. The van der Waals surface area contributed by atoms with Crippen LogP contribution in [0.25, 0.3) is 22.0 Å². The number of aromatic amines is 1. The summed E-state index contributed by atoms with van der Waals surface area (Å²) in [6, 6.07) is 12.0. The lowest BCUT2D eigenvalue weighted by molar-refractivity contribution is 0.102. The number of likely N-dealkylation sites (tertiary alicyclic amines) is 1. The zero-order valence-electron chi connectivity index (χ0n) is 18.7. The van der Waals surface area contributed by atoms with Gasteiger partial charge in [0.05, 0.1) is 24.9 Å². The smallest absolute Gasteiger partial charge is 0.256 e. The van der Waals surface area contributed by atoms with Crippen LogP contribution in [-0.4, -0.2) is 54.9 Å². The van der Waals surface area contributed by atoms with Crippen molar-refractivity contribution >= 4 is 22.6 Å². The van der Waals surface area contributed by atoms with E-state index in [1.807, 2.05) is 24.4 Å². The molecule has 1 saturated heterocycles. The molecule has 1 atom stereocenters. The van der Waals surface area contributed by atoms with Crippen LogP contribution in [-0.2, 0) is 13.1 Å². The van der Waals surface area contributed by atoms with Crippen LogP contribution in [0.15, 0.2) is 55.0 Å². The lowest BCUT2D eigenvalue weighted by Gasteiger charge is -2.19. The molecule has 1 fully saturated rings. The summed E-state index contributed by atoms with van der Waals surface area (Å²) in [4.78, 5) is 23.1. The molecule has 0 bridgehead atoms. The van der Waals surface area contributed by atoms with Crippen LogP contribution < -0.4 is 5.32 Å². The number of carbonyl (C=O) groups excluding carboxylic acids is 1. The molecule has 0 spiro atoms. The van der Waals surface area contributed by atoms with Gasteiger partial charge in [0.25, 0.3) is 5.91 Å². The van der Waals surface area contributed by atoms with Crippen molar-refractivity contribution in [2.45, 2.75) is 38.9 Å². The van der Waals surface area contributed by atoms with Gasteiger partial charge in [-0.05, 0) is 50.1 Å². The maximum Gasteiger partial charge on any atom is 0.256 e. The third-order valence-electron chi connectivity index (χ3n) is 6.31. The van der Waals surface area contributed by atoms with Gasteiger partial charge in [-0.3, -0.25) is 14.4 Å². The second-order valence-corrected chi connectivity index (χ2v) is 8.66. The first-order valence-electron chi connectivity index (χ1n) is 11.4. The molecule has 0 saturated carbocycles. The van der Waals surface area contributed by atoms with Crippen molar-refractivity contribution in [3.05, 3.63) is 66.2 Å². The zero-order chi connectivity index (χ0) is 22.8. The number of rotatable bonds is 7. The highest BCUT2D eigenvalue weighted by molar-refractivity contribution is 6.04. The first-order chi connectivity index (χ1) is 16.1. The topological polar surface area (TPSA) is 99.1 Å². The molecule has 4 aromatic rings. The van der Waals surface area contributed by atoms with Crippen molar-refractivity contribution < 1.29 is 9.90 Å². The van der Waals surface area contributed by atoms with E-state index in [1.54, 1.807) is 29.2 Å². The number of anilines is 1. The van der Waals surface area contributed by atoms with Crippen molar-refractivity contribution in [3.8, 4) is 11.1 Å². The molecule has 1 aromatic carbocycles. The number of hydrogen-bond acceptors (Lipinski definition) is 5. The van der Waals surface area contributed by atoms with Crippen LogP contribution in [0.1, 0.15) is 35.8 Å². The van der Waals surface area contributed by atoms with Gasteiger partial charge < -0.3 is 15.4 Å². The summed E-state index contributed by atoms with van der Waals surface area (Å²) in [6.07, 6.45) is 7.93. The highest BCUT2D eigenvalue weighted by atomic mass is 16.3. The Labute approximate surface area is 192 Å². The molecule has 1 aliphatic heterocycles. The number of fused-ring (bicyclic) bond motifs is 1. The predicted octanol–water partition coefficient (Wildman–Crippen LogP) is 3.66. The largest absolute Gasteiger partial charge is 0.394 e. The Bertz CT molecular complexity index is 1260. The molecule has 4 heterocycles. The van der Waals surface area contributed by atoms with Crippen molar-refractivity contribution in [3.63, 3.8) is 0 Å². The number of benzene rings is 1. The fraction of sp³-hybridized carbons (Fsp3) is 0.320. The normalized spacial score (nSPS) is 16.5. The number of pyridine rings is 1. The molecule has 0 unspecified atom stereocenters.